The maximum Gasteiger partial charge on any atom is 0.119 e. The topological polar surface area (TPSA) is 32.7 Å². The Balaban J connectivity index is 2.23. The summed E-state index contributed by atoms with van der Waals surface area (Å²) in [5.74, 6) is 0.862. The number of ether oxygens (including phenoxy) is 1. The lowest BCUT2D eigenvalue weighted by molar-refractivity contribution is 0.188. The van der Waals surface area contributed by atoms with Crippen LogP contribution in [0.25, 0.3) is 0 Å². The molecular formula is C13H19NO2. The number of rotatable bonds is 2. The fraction of sp³-hybridized carbons (Fsp3) is 0.538. The Hall–Kier alpha value is -1.22. The second kappa shape index (κ2) is 3.98. The van der Waals surface area contributed by atoms with Crippen LogP contribution in [-0.4, -0.2) is 30.4 Å². The van der Waals surface area contributed by atoms with Gasteiger partial charge in [-0.05, 0) is 44.5 Å². The third-order valence-electron chi connectivity index (χ3n) is 3.24. The van der Waals surface area contributed by atoms with E-state index in [-0.39, 0.29) is 11.6 Å². The minimum atomic E-state index is -0.225. The maximum absolute atomic E-state index is 9.73. The van der Waals surface area contributed by atoms with Gasteiger partial charge in [-0.2, -0.15) is 0 Å². The van der Waals surface area contributed by atoms with Gasteiger partial charge in [0.1, 0.15) is 5.75 Å². The molecule has 1 aromatic rings. The molecule has 16 heavy (non-hydrogen) atoms. The van der Waals surface area contributed by atoms with Gasteiger partial charge in [0.25, 0.3) is 0 Å². The summed E-state index contributed by atoms with van der Waals surface area (Å²) in [5.41, 5.74) is 1.16. The molecule has 1 heterocycles. The molecule has 0 spiro atoms. The van der Waals surface area contributed by atoms with Crippen molar-refractivity contribution in [3.05, 3.63) is 24.3 Å². The van der Waals surface area contributed by atoms with Crippen LogP contribution in [0, 0.1) is 0 Å². The number of hydrogen-bond acceptors (Lipinski definition) is 3. The highest BCUT2D eigenvalue weighted by atomic mass is 16.5. The van der Waals surface area contributed by atoms with Crippen molar-refractivity contribution in [2.24, 2.45) is 0 Å². The van der Waals surface area contributed by atoms with Crippen molar-refractivity contribution in [3.63, 3.8) is 0 Å². The Labute approximate surface area is 96.6 Å². The molecule has 88 valence electrons. The maximum atomic E-state index is 9.73. The molecule has 3 nitrogen and oxygen atoms in total. The van der Waals surface area contributed by atoms with Crippen LogP contribution in [0.5, 0.6) is 5.75 Å². The average Bonchev–Trinajstić information content (AvgIpc) is 2.52. The minimum Gasteiger partial charge on any atom is -0.497 e. The Bertz CT molecular complexity index is 359. The smallest absolute Gasteiger partial charge is 0.119 e. The van der Waals surface area contributed by atoms with Gasteiger partial charge in [-0.3, -0.25) is 0 Å². The van der Waals surface area contributed by atoms with Crippen LogP contribution in [0.2, 0.25) is 0 Å². The molecule has 0 aliphatic carbocycles. The standard InChI is InChI=1S/C13H19NO2/c1-13(2)8-11(15)9-14(13)10-4-6-12(16-3)7-5-10/h4-7,11,15H,8-9H2,1-3H3. The number of anilines is 1. The Morgan fingerprint density at radius 1 is 1.31 bits per heavy atom. The number of nitrogens with zero attached hydrogens (tertiary/aromatic N) is 1. The van der Waals surface area contributed by atoms with Gasteiger partial charge in [-0.25, -0.2) is 0 Å². The van der Waals surface area contributed by atoms with Crippen LogP contribution in [0.4, 0.5) is 5.69 Å². The first-order valence-corrected chi connectivity index (χ1v) is 5.63. The zero-order chi connectivity index (χ0) is 11.8. The van der Waals surface area contributed by atoms with Crippen molar-refractivity contribution >= 4 is 5.69 Å². The highest BCUT2D eigenvalue weighted by molar-refractivity contribution is 5.52. The van der Waals surface area contributed by atoms with Gasteiger partial charge in [0, 0.05) is 17.8 Å². The highest BCUT2D eigenvalue weighted by Crippen LogP contribution is 2.34. The van der Waals surface area contributed by atoms with Gasteiger partial charge in [-0.1, -0.05) is 0 Å². The third-order valence-corrected chi connectivity index (χ3v) is 3.24. The van der Waals surface area contributed by atoms with Gasteiger partial charge >= 0.3 is 0 Å². The average molecular weight is 221 g/mol. The fourth-order valence-electron chi connectivity index (χ4n) is 2.43. The van der Waals surface area contributed by atoms with E-state index in [1.165, 1.54) is 0 Å². The molecule has 3 heteroatoms. The number of hydrogen-bond donors (Lipinski definition) is 1. The molecule has 0 radical (unpaired) electrons. The van der Waals surface area contributed by atoms with Crippen LogP contribution in [0.1, 0.15) is 20.3 Å². The lowest BCUT2D eigenvalue weighted by Crippen LogP contribution is -2.38. The predicted molar refractivity (Wildman–Crippen MR) is 65.0 cm³/mol. The summed E-state index contributed by atoms with van der Waals surface area (Å²) in [6, 6.07) is 7.99. The summed E-state index contributed by atoms with van der Waals surface area (Å²) < 4.78 is 5.14. The summed E-state index contributed by atoms with van der Waals surface area (Å²) >= 11 is 0. The zero-order valence-corrected chi connectivity index (χ0v) is 10.1. The fourth-order valence-corrected chi connectivity index (χ4v) is 2.43. The number of methoxy groups -OCH3 is 1. The van der Waals surface area contributed by atoms with Crippen molar-refractivity contribution in [1.29, 1.82) is 0 Å². The van der Waals surface area contributed by atoms with Crippen molar-refractivity contribution in [2.75, 3.05) is 18.6 Å². The van der Waals surface area contributed by atoms with Crippen molar-refractivity contribution in [1.82, 2.24) is 0 Å². The van der Waals surface area contributed by atoms with Crippen LogP contribution >= 0.6 is 0 Å². The van der Waals surface area contributed by atoms with Crippen LogP contribution in [0.15, 0.2) is 24.3 Å². The molecule has 0 aromatic heterocycles. The number of aliphatic hydroxyl groups excluding tert-OH is 1. The minimum absolute atomic E-state index is 0.0218. The zero-order valence-electron chi connectivity index (χ0n) is 10.1. The normalized spacial score (nSPS) is 23.5. The highest BCUT2D eigenvalue weighted by Gasteiger charge is 2.37. The molecule has 0 amide bonds. The first kappa shape index (κ1) is 11.3. The summed E-state index contributed by atoms with van der Waals surface area (Å²) in [6.45, 7) is 5.03. The molecule has 1 unspecified atom stereocenters. The molecule has 1 aromatic carbocycles. The monoisotopic (exact) mass is 221 g/mol. The van der Waals surface area contributed by atoms with Crippen LogP contribution in [-0.2, 0) is 0 Å². The van der Waals surface area contributed by atoms with Gasteiger partial charge < -0.3 is 14.7 Å². The number of β-amino-alcohol motifs (C(OH)–C–C–N with tert-alkyl or cyclic N) is 1. The SMILES string of the molecule is COc1ccc(N2CC(O)CC2(C)C)cc1. The largest absolute Gasteiger partial charge is 0.497 e. The second-order valence-electron chi connectivity index (χ2n) is 4.98. The lowest BCUT2D eigenvalue weighted by atomic mass is 10.0. The molecule has 1 N–H and O–H groups in total. The van der Waals surface area contributed by atoms with E-state index in [0.717, 1.165) is 17.9 Å². The predicted octanol–water partition coefficient (Wildman–Crippen LogP) is 2.04. The summed E-state index contributed by atoms with van der Waals surface area (Å²) in [4.78, 5) is 2.25. The van der Waals surface area contributed by atoms with Gasteiger partial charge in [0.15, 0.2) is 0 Å². The molecule has 1 saturated heterocycles. The van der Waals surface area contributed by atoms with Crippen molar-refractivity contribution in [3.8, 4) is 5.75 Å². The van der Waals surface area contributed by atoms with E-state index in [1.807, 2.05) is 24.3 Å². The van der Waals surface area contributed by atoms with E-state index in [1.54, 1.807) is 7.11 Å². The Morgan fingerprint density at radius 3 is 2.38 bits per heavy atom. The van der Waals surface area contributed by atoms with Gasteiger partial charge in [-0.15, -0.1) is 0 Å². The van der Waals surface area contributed by atoms with Crippen LogP contribution < -0.4 is 9.64 Å². The first-order valence-electron chi connectivity index (χ1n) is 5.63. The van der Waals surface area contributed by atoms with Gasteiger partial charge in [0.2, 0.25) is 0 Å². The van der Waals surface area contributed by atoms with E-state index in [4.69, 9.17) is 4.74 Å². The lowest BCUT2D eigenvalue weighted by Gasteiger charge is -2.33. The van der Waals surface area contributed by atoms with Crippen molar-refractivity contribution < 1.29 is 9.84 Å². The van der Waals surface area contributed by atoms with E-state index < -0.39 is 0 Å². The quantitative estimate of drug-likeness (QED) is 0.829. The molecular weight excluding hydrogens is 202 g/mol. The molecule has 1 fully saturated rings. The number of aliphatic hydroxyl groups is 1. The summed E-state index contributed by atoms with van der Waals surface area (Å²) in [6.07, 6.45) is 0.594. The van der Waals surface area contributed by atoms with Gasteiger partial charge in [0.05, 0.1) is 13.2 Å². The molecule has 1 aliphatic rings. The molecule has 0 saturated carbocycles. The second-order valence-corrected chi connectivity index (χ2v) is 4.98. The Morgan fingerprint density at radius 2 is 1.94 bits per heavy atom. The molecule has 2 rings (SSSR count). The molecule has 1 atom stereocenters. The summed E-state index contributed by atoms with van der Waals surface area (Å²) in [5, 5.41) is 9.73. The molecule has 1 aliphatic heterocycles. The first-order chi connectivity index (χ1) is 7.53. The van der Waals surface area contributed by atoms with E-state index in [9.17, 15) is 5.11 Å². The third kappa shape index (κ3) is 2.00. The van der Waals surface area contributed by atoms with Crippen molar-refractivity contribution in [2.45, 2.75) is 31.9 Å². The molecule has 0 bridgehead atoms. The number of benzene rings is 1. The summed E-state index contributed by atoms with van der Waals surface area (Å²) in [7, 11) is 1.67. The Kier molecular flexibility index (Phi) is 2.80. The van der Waals surface area contributed by atoms with E-state index in [2.05, 4.69) is 18.7 Å². The van der Waals surface area contributed by atoms with E-state index in [0.29, 0.717) is 6.54 Å². The van der Waals surface area contributed by atoms with E-state index >= 15 is 0 Å². The van der Waals surface area contributed by atoms with Crippen LogP contribution in [0.3, 0.4) is 0 Å².